The molecule has 0 saturated heterocycles. The van der Waals surface area contributed by atoms with Crippen molar-refractivity contribution < 1.29 is 4.79 Å². The summed E-state index contributed by atoms with van der Waals surface area (Å²) < 4.78 is 0. The quantitative estimate of drug-likeness (QED) is 0.468. The molecular formula is C6H14N2OS2. The van der Waals surface area contributed by atoms with Crippen molar-refractivity contribution in [1.29, 1.82) is 0 Å². The molecule has 0 saturated carbocycles. The fourth-order valence-electron chi connectivity index (χ4n) is 0.449. The van der Waals surface area contributed by atoms with E-state index in [4.69, 9.17) is 11.5 Å². The van der Waals surface area contributed by atoms with Crippen molar-refractivity contribution in [1.82, 2.24) is 0 Å². The van der Waals surface area contributed by atoms with E-state index in [0.717, 1.165) is 5.75 Å². The second-order valence-electron chi connectivity index (χ2n) is 1.97. The average molecular weight is 194 g/mol. The number of rotatable bonds is 6. The van der Waals surface area contributed by atoms with Crippen LogP contribution in [0, 0.1) is 0 Å². The molecule has 0 unspecified atom stereocenters. The lowest BCUT2D eigenvalue weighted by atomic mass is 10.2. The number of Topliss-reactive ketones (excluding diaryl/α,β-unsaturated/α-hetero) is 1. The summed E-state index contributed by atoms with van der Waals surface area (Å²) in [6.45, 7) is 2.12. The summed E-state index contributed by atoms with van der Waals surface area (Å²) in [5.74, 6) is 1.64. The van der Waals surface area contributed by atoms with Crippen molar-refractivity contribution in [3.8, 4) is 0 Å². The number of hydrogen-bond acceptors (Lipinski definition) is 5. The number of nitrogens with two attached hydrogens (primary N) is 2. The summed E-state index contributed by atoms with van der Waals surface area (Å²) in [7, 11) is 3.33. The highest BCUT2D eigenvalue weighted by Crippen LogP contribution is 2.20. The van der Waals surface area contributed by atoms with Gasteiger partial charge in [0.05, 0.1) is 12.6 Å². The van der Waals surface area contributed by atoms with Crippen LogP contribution in [0.25, 0.3) is 0 Å². The molecule has 11 heavy (non-hydrogen) atoms. The van der Waals surface area contributed by atoms with Gasteiger partial charge >= 0.3 is 0 Å². The maximum Gasteiger partial charge on any atom is 0.163 e. The minimum absolute atomic E-state index is 0.0541. The van der Waals surface area contributed by atoms with E-state index in [1.807, 2.05) is 0 Å². The minimum atomic E-state index is -0.385. The van der Waals surface area contributed by atoms with E-state index in [-0.39, 0.29) is 18.4 Å². The van der Waals surface area contributed by atoms with Crippen LogP contribution in [0.5, 0.6) is 0 Å². The molecule has 0 fully saturated rings. The molecule has 0 aromatic heterocycles. The molecule has 0 aliphatic rings. The van der Waals surface area contributed by atoms with Crippen LogP contribution in [0.15, 0.2) is 0 Å². The molecule has 4 N–H and O–H groups in total. The first-order valence-corrected chi connectivity index (χ1v) is 5.94. The van der Waals surface area contributed by atoms with Gasteiger partial charge in [0.25, 0.3) is 0 Å². The Balaban J connectivity index is 3.36. The van der Waals surface area contributed by atoms with Gasteiger partial charge < -0.3 is 11.5 Å². The van der Waals surface area contributed by atoms with Gasteiger partial charge in [0.15, 0.2) is 5.78 Å². The first-order chi connectivity index (χ1) is 5.22. The molecule has 1 atom stereocenters. The third-order valence-electron chi connectivity index (χ3n) is 1.06. The van der Waals surface area contributed by atoms with Crippen LogP contribution in [-0.4, -0.2) is 29.9 Å². The zero-order chi connectivity index (χ0) is 8.69. The number of carbonyl (C=O) groups is 1. The largest absolute Gasteiger partial charge is 0.324 e. The van der Waals surface area contributed by atoms with Crippen LogP contribution in [0.2, 0.25) is 0 Å². The van der Waals surface area contributed by atoms with Crippen LogP contribution in [0.1, 0.15) is 6.92 Å². The zero-order valence-electron chi connectivity index (χ0n) is 6.58. The SMILES string of the molecule is CCSSC[C@H](N)C(=O)CN. The average Bonchev–Trinajstić information content (AvgIpc) is 2.03. The van der Waals surface area contributed by atoms with Crippen LogP contribution in [0.3, 0.4) is 0 Å². The molecule has 66 valence electrons. The molecule has 0 spiro atoms. The second-order valence-corrected chi connectivity index (χ2v) is 4.76. The van der Waals surface area contributed by atoms with Gasteiger partial charge in [-0.25, -0.2) is 0 Å². The molecule has 0 aromatic carbocycles. The minimum Gasteiger partial charge on any atom is -0.324 e. The Hall–Kier alpha value is 0.290. The van der Waals surface area contributed by atoms with E-state index >= 15 is 0 Å². The molecule has 0 aromatic rings. The van der Waals surface area contributed by atoms with Crippen molar-refractivity contribution >= 4 is 27.4 Å². The Morgan fingerprint density at radius 2 is 2.18 bits per heavy atom. The predicted molar refractivity (Wildman–Crippen MR) is 52.6 cm³/mol. The fourth-order valence-corrected chi connectivity index (χ4v) is 2.27. The standard InChI is InChI=1S/C6H14N2OS2/c1-2-10-11-4-5(8)6(9)3-7/h5H,2-4,7-8H2,1H3/t5-/m0/s1. The fraction of sp³-hybridized carbons (Fsp3) is 0.833. The van der Waals surface area contributed by atoms with Gasteiger partial charge in [0, 0.05) is 11.5 Å². The Morgan fingerprint density at radius 3 is 2.64 bits per heavy atom. The topological polar surface area (TPSA) is 69.1 Å². The first kappa shape index (κ1) is 11.3. The number of hydrogen-bond donors (Lipinski definition) is 2. The highest BCUT2D eigenvalue weighted by molar-refractivity contribution is 8.76. The highest BCUT2D eigenvalue weighted by Gasteiger charge is 2.10. The lowest BCUT2D eigenvalue weighted by Crippen LogP contribution is -2.37. The van der Waals surface area contributed by atoms with Crippen LogP contribution in [-0.2, 0) is 4.79 Å². The summed E-state index contributed by atoms with van der Waals surface area (Å²) in [6.07, 6.45) is 0. The Kier molecular flexibility index (Phi) is 7.15. The van der Waals surface area contributed by atoms with Gasteiger partial charge in [-0.15, -0.1) is 0 Å². The smallest absolute Gasteiger partial charge is 0.163 e. The predicted octanol–water partition coefficient (Wildman–Crippen LogP) is 0.243. The van der Waals surface area contributed by atoms with Gasteiger partial charge in [0.1, 0.15) is 0 Å². The lowest BCUT2D eigenvalue weighted by molar-refractivity contribution is -0.118. The van der Waals surface area contributed by atoms with Crippen LogP contribution in [0.4, 0.5) is 0 Å². The van der Waals surface area contributed by atoms with E-state index in [1.54, 1.807) is 21.6 Å². The molecule has 3 nitrogen and oxygen atoms in total. The van der Waals surface area contributed by atoms with E-state index in [0.29, 0.717) is 5.75 Å². The van der Waals surface area contributed by atoms with Gasteiger partial charge in [-0.2, -0.15) is 0 Å². The summed E-state index contributed by atoms with van der Waals surface area (Å²) in [5.41, 5.74) is 10.6. The number of carbonyl (C=O) groups excluding carboxylic acids is 1. The van der Waals surface area contributed by atoms with Gasteiger partial charge in [-0.05, 0) is 0 Å². The highest BCUT2D eigenvalue weighted by atomic mass is 33.1. The summed E-state index contributed by atoms with van der Waals surface area (Å²) in [4.78, 5) is 10.8. The monoisotopic (exact) mass is 194 g/mol. The molecule has 0 radical (unpaired) electrons. The Morgan fingerprint density at radius 1 is 1.55 bits per heavy atom. The molecule has 0 aliphatic carbocycles. The summed E-state index contributed by atoms with van der Waals surface area (Å²) in [5, 5.41) is 0. The molecule has 0 heterocycles. The van der Waals surface area contributed by atoms with Crippen molar-refractivity contribution in [3.05, 3.63) is 0 Å². The lowest BCUT2D eigenvalue weighted by Gasteiger charge is -2.06. The van der Waals surface area contributed by atoms with E-state index in [9.17, 15) is 4.79 Å². The first-order valence-electron chi connectivity index (χ1n) is 3.45. The normalized spacial score (nSPS) is 13.0. The van der Waals surface area contributed by atoms with Crippen molar-refractivity contribution in [2.45, 2.75) is 13.0 Å². The maximum absolute atomic E-state index is 10.8. The molecule has 0 bridgehead atoms. The summed E-state index contributed by atoms with van der Waals surface area (Å²) >= 11 is 0. The van der Waals surface area contributed by atoms with Gasteiger partial charge in [0.2, 0.25) is 0 Å². The maximum atomic E-state index is 10.8. The number of ketones is 1. The van der Waals surface area contributed by atoms with E-state index in [1.165, 1.54) is 0 Å². The second kappa shape index (κ2) is 6.97. The van der Waals surface area contributed by atoms with Crippen molar-refractivity contribution in [3.63, 3.8) is 0 Å². The van der Waals surface area contributed by atoms with Gasteiger partial charge in [-0.1, -0.05) is 28.5 Å². The van der Waals surface area contributed by atoms with Gasteiger partial charge in [-0.3, -0.25) is 4.79 Å². The molecule has 0 aliphatic heterocycles. The Bertz CT molecular complexity index is 121. The molecule has 0 rings (SSSR count). The molecule has 5 heteroatoms. The molecule has 0 amide bonds. The molecular weight excluding hydrogens is 180 g/mol. The summed E-state index contributed by atoms with van der Waals surface area (Å²) in [6, 6.07) is -0.385. The van der Waals surface area contributed by atoms with Crippen LogP contribution >= 0.6 is 21.6 Å². The van der Waals surface area contributed by atoms with Crippen molar-refractivity contribution in [2.75, 3.05) is 18.1 Å². The van der Waals surface area contributed by atoms with E-state index in [2.05, 4.69) is 6.92 Å². The van der Waals surface area contributed by atoms with Crippen molar-refractivity contribution in [2.24, 2.45) is 11.5 Å². The third-order valence-corrected chi connectivity index (χ3v) is 3.58. The zero-order valence-corrected chi connectivity index (χ0v) is 8.21. The van der Waals surface area contributed by atoms with E-state index < -0.39 is 0 Å². The van der Waals surface area contributed by atoms with Crippen LogP contribution < -0.4 is 11.5 Å². The Labute approximate surface area is 75.1 Å². The third kappa shape index (κ3) is 5.55.